The van der Waals surface area contributed by atoms with E-state index in [1.165, 1.54) is 19.1 Å². The van der Waals surface area contributed by atoms with Crippen molar-refractivity contribution < 1.29 is 48.7 Å². The topological polar surface area (TPSA) is 157 Å². The number of ketones is 2. The number of ether oxygens (including phenoxy) is 3. The lowest BCUT2D eigenvalue weighted by Gasteiger charge is -2.61. The van der Waals surface area contributed by atoms with Gasteiger partial charge in [-0.1, -0.05) is 31.6 Å². The summed E-state index contributed by atoms with van der Waals surface area (Å²) in [6.07, 6.45) is 2.66. The van der Waals surface area contributed by atoms with E-state index < -0.39 is 87.0 Å². The fourth-order valence-corrected chi connectivity index (χ4v) is 9.51. The average Bonchev–Trinajstić information content (AvgIpc) is 3.19. The Kier molecular flexibility index (Phi) is 4.31. The van der Waals surface area contributed by atoms with E-state index in [-0.39, 0.29) is 25.0 Å². The van der Waals surface area contributed by atoms with Crippen molar-refractivity contribution in [2.24, 2.45) is 34.5 Å². The van der Waals surface area contributed by atoms with Gasteiger partial charge in [0.15, 0.2) is 28.4 Å². The third-order valence-electron chi connectivity index (χ3n) is 11.8. The maximum atomic E-state index is 14.6. The molecule has 7 aliphatic rings. The Hall–Kier alpha value is -2.40. The Balaban J connectivity index is 1.52. The fraction of sp³-hybridized carbons (Fsp3) is 0.714. The first-order valence-electron chi connectivity index (χ1n) is 13.4. The van der Waals surface area contributed by atoms with Crippen LogP contribution < -0.4 is 0 Å². The zero-order valence-electron chi connectivity index (χ0n) is 21.7. The first kappa shape index (κ1) is 24.6. The number of fused-ring (bicyclic) bond motifs is 9. The van der Waals surface area contributed by atoms with Gasteiger partial charge in [0, 0.05) is 0 Å². The van der Waals surface area contributed by atoms with Crippen LogP contribution in [-0.2, 0) is 33.4 Å². The SMILES string of the molecule is C[C@@H]1C(=O)OC2C[C@@]1(C)C1C(=O)[C@@]3(O)O[C@@]14[C@@](O)(CCC1C3[C@H](O)C=C3CC=CC(=O)[C@@]31C)C(=O)O[C@@]24C. The van der Waals surface area contributed by atoms with Gasteiger partial charge in [-0.3, -0.25) is 14.4 Å². The lowest BCUT2D eigenvalue weighted by atomic mass is 9.46. The molecular weight excluding hydrogens is 496 g/mol. The Labute approximate surface area is 219 Å². The smallest absolute Gasteiger partial charge is 0.342 e. The van der Waals surface area contributed by atoms with Gasteiger partial charge in [0.1, 0.15) is 6.10 Å². The Morgan fingerprint density at radius 2 is 1.79 bits per heavy atom. The van der Waals surface area contributed by atoms with Crippen LogP contribution in [0.4, 0.5) is 0 Å². The summed E-state index contributed by atoms with van der Waals surface area (Å²) in [5.74, 6) is -9.59. The largest absolute Gasteiger partial charge is 0.458 e. The molecule has 12 atom stereocenters. The third kappa shape index (κ3) is 2.19. The van der Waals surface area contributed by atoms with E-state index in [0.717, 1.165) is 0 Å². The second kappa shape index (κ2) is 6.66. The van der Waals surface area contributed by atoms with Crippen LogP contribution in [0.25, 0.3) is 0 Å². The van der Waals surface area contributed by atoms with Crippen molar-refractivity contribution in [2.75, 3.05) is 0 Å². The monoisotopic (exact) mass is 528 g/mol. The number of aliphatic hydroxyl groups excluding tert-OH is 1. The molecule has 1 spiro atoms. The predicted molar refractivity (Wildman–Crippen MR) is 126 cm³/mol. The highest BCUT2D eigenvalue weighted by atomic mass is 16.7. The molecule has 4 heterocycles. The highest BCUT2D eigenvalue weighted by Gasteiger charge is 2.92. The van der Waals surface area contributed by atoms with Crippen LogP contribution >= 0.6 is 0 Å². The number of carbonyl (C=O) groups excluding carboxylic acids is 4. The van der Waals surface area contributed by atoms with E-state index in [2.05, 4.69) is 0 Å². The number of carbonyl (C=O) groups is 4. The Bertz CT molecular complexity index is 1300. The molecule has 0 aromatic rings. The van der Waals surface area contributed by atoms with Crippen molar-refractivity contribution in [3.8, 4) is 0 Å². The molecule has 0 amide bonds. The minimum Gasteiger partial charge on any atom is -0.458 e. The van der Waals surface area contributed by atoms with Crippen LogP contribution in [0.2, 0.25) is 0 Å². The van der Waals surface area contributed by atoms with Crippen molar-refractivity contribution in [1.29, 1.82) is 0 Å². The lowest BCUT2D eigenvalue weighted by molar-refractivity contribution is -0.350. The lowest BCUT2D eigenvalue weighted by Crippen LogP contribution is -2.78. The highest BCUT2D eigenvalue weighted by molar-refractivity contribution is 6.01. The molecule has 3 N–H and O–H groups in total. The van der Waals surface area contributed by atoms with Crippen molar-refractivity contribution in [2.45, 2.75) is 88.2 Å². The summed E-state index contributed by atoms with van der Waals surface area (Å²) in [5, 5.41) is 36.1. The minimum absolute atomic E-state index is 0.0287. The first-order chi connectivity index (χ1) is 17.6. The second-order valence-electron chi connectivity index (χ2n) is 13.1. The Morgan fingerprint density at radius 1 is 1.08 bits per heavy atom. The van der Waals surface area contributed by atoms with E-state index >= 15 is 0 Å². The summed E-state index contributed by atoms with van der Waals surface area (Å²) in [7, 11) is 0. The maximum Gasteiger partial charge on any atom is 0.342 e. The van der Waals surface area contributed by atoms with Gasteiger partial charge in [0.05, 0.1) is 29.3 Å². The number of Topliss-reactive ketones (excluding diaryl/α,β-unsaturated/α-hetero) is 1. The number of hydrogen-bond acceptors (Lipinski definition) is 10. The van der Waals surface area contributed by atoms with Gasteiger partial charge in [-0.15, -0.1) is 0 Å². The molecule has 10 nitrogen and oxygen atoms in total. The van der Waals surface area contributed by atoms with Gasteiger partial charge >= 0.3 is 11.9 Å². The zero-order valence-corrected chi connectivity index (χ0v) is 21.7. The molecule has 10 heteroatoms. The number of aliphatic hydroxyl groups is 3. The van der Waals surface area contributed by atoms with E-state index in [9.17, 15) is 34.5 Å². The third-order valence-corrected chi connectivity index (χ3v) is 11.8. The van der Waals surface area contributed by atoms with E-state index in [1.807, 2.05) is 0 Å². The summed E-state index contributed by atoms with van der Waals surface area (Å²) < 4.78 is 18.0. The molecule has 1 saturated carbocycles. The molecule has 0 aromatic carbocycles. The number of hydrogen-bond donors (Lipinski definition) is 3. The van der Waals surface area contributed by atoms with Crippen LogP contribution in [0.5, 0.6) is 0 Å². The molecule has 4 saturated heterocycles. The van der Waals surface area contributed by atoms with Crippen LogP contribution in [-0.4, -0.2) is 73.6 Å². The quantitative estimate of drug-likeness (QED) is 0.299. The molecular formula is C28H32O10. The molecule has 4 unspecified atom stereocenters. The first-order valence-corrected chi connectivity index (χ1v) is 13.4. The van der Waals surface area contributed by atoms with E-state index in [4.69, 9.17) is 14.2 Å². The summed E-state index contributed by atoms with van der Waals surface area (Å²) in [5.41, 5.74) is -7.93. The molecule has 38 heavy (non-hydrogen) atoms. The van der Waals surface area contributed by atoms with Gasteiger partial charge in [0.25, 0.3) is 0 Å². The Morgan fingerprint density at radius 3 is 2.50 bits per heavy atom. The molecule has 204 valence electrons. The molecule has 7 rings (SSSR count). The zero-order chi connectivity index (χ0) is 27.4. The predicted octanol–water partition coefficient (Wildman–Crippen LogP) is 0.510. The summed E-state index contributed by atoms with van der Waals surface area (Å²) >= 11 is 0. The van der Waals surface area contributed by atoms with Gasteiger partial charge in [-0.05, 0) is 56.9 Å². The molecule has 5 fully saturated rings. The van der Waals surface area contributed by atoms with Crippen LogP contribution in [0.1, 0.15) is 53.4 Å². The van der Waals surface area contributed by atoms with Crippen molar-refractivity contribution in [3.05, 3.63) is 23.8 Å². The van der Waals surface area contributed by atoms with Gasteiger partial charge in [-0.25, -0.2) is 4.79 Å². The van der Waals surface area contributed by atoms with Crippen molar-refractivity contribution in [3.63, 3.8) is 0 Å². The minimum atomic E-state index is -2.67. The number of rotatable bonds is 0. The second-order valence-corrected chi connectivity index (χ2v) is 13.1. The van der Waals surface area contributed by atoms with Gasteiger partial charge in [0.2, 0.25) is 5.79 Å². The van der Waals surface area contributed by atoms with Crippen molar-refractivity contribution >= 4 is 23.5 Å². The van der Waals surface area contributed by atoms with Crippen LogP contribution in [0, 0.1) is 34.5 Å². The van der Waals surface area contributed by atoms with E-state index in [0.29, 0.717) is 12.0 Å². The molecule has 3 aliphatic carbocycles. The average molecular weight is 529 g/mol. The summed E-state index contributed by atoms with van der Waals surface area (Å²) in [4.78, 5) is 54.6. The summed E-state index contributed by atoms with van der Waals surface area (Å²) in [6, 6.07) is 0. The van der Waals surface area contributed by atoms with E-state index in [1.54, 1.807) is 26.8 Å². The van der Waals surface area contributed by atoms with Gasteiger partial charge in [-0.2, -0.15) is 0 Å². The molecule has 4 aliphatic heterocycles. The molecule has 0 aromatic heterocycles. The number of esters is 2. The van der Waals surface area contributed by atoms with Crippen molar-refractivity contribution in [1.82, 2.24) is 0 Å². The number of allylic oxidation sites excluding steroid dienone is 3. The highest BCUT2D eigenvalue weighted by Crippen LogP contribution is 2.73. The normalized spacial score (nSPS) is 58.1. The maximum absolute atomic E-state index is 14.6. The fourth-order valence-electron chi connectivity index (χ4n) is 9.51. The van der Waals surface area contributed by atoms with Crippen LogP contribution in [0.15, 0.2) is 23.8 Å². The van der Waals surface area contributed by atoms with Crippen LogP contribution in [0.3, 0.4) is 0 Å². The molecule has 4 bridgehead atoms. The molecule has 0 radical (unpaired) electrons. The standard InChI is InChI=1S/C28H32O10/c1-12-21(32)36-17-11-23(12,2)19-20(31)27(35)18-14(24(3)13(10-15(18)29)6-5-7-16(24)30)8-9-26(34)22(33)37-25(17,4)28(19,26)38-27/h5,7,10,12,14-15,17-19,29,34-35H,6,8-9,11H2,1-4H3/t12-,14?,15-,17?,18?,19?,23-,24+,25+,26-,27+,28+/m1/s1. The van der Waals surface area contributed by atoms with Gasteiger partial charge < -0.3 is 29.5 Å². The summed E-state index contributed by atoms with van der Waals surface area (Å²) in [6.45, 7) is 6.53.